The van der Waals surface area contributed by atoms with Crippen LogP contribution in [0.1, 0.15) is 19.3 Å². The lowest BCUT2D eigenvalue weighted by molar-refractivity contribution is -0.00139. The van der Waals surface area contributed by atoms with Crippen molar-refractivity contribution in [3.05, 3.63) is 0 Å². The predicted molar refractivity (Wildman–Crippen MR) is 42.1 cm³/mol. The van der Waals surface area contributed by atoms with E-state index >= 15 is 0 Å². The van der Waals surface area contributed by atoms with Crippen molar-refractivity contribution in [1.82, 2.24) is 0 Å². The number of ether oxygens (including phenoxy) is 1. The molecule has 1 aliphatic rings. The van der Waals surface area contributed by atoms with Gasteiger partial charge in [-0.05, 0) is 25.8 Å². The highest BCUT2D eigenvalue weighted by molar-refractivity contribution is 4.81. The van der Waals surface area contributed by atoms with E-state index in [0.29, 0.717) is 19.8 Å². The normalized spacial score (nSPS) is 23.5. The first-order valence-electron chi connectivity index (χ1n) is 4.17. The van der Waals surface area contributed by atoms with E-state index in [1.807, 2.05) is 0 Å². The zero-order chi connectivity index (χ0) is 8.16. The van der Waals surface area contributed by atoms with Crippen LogP contribution in [0.5, 0.6) is 0 Å². The maximum Gasteiger partial charge on any atom is 0.0952 e. The summed E-state index contributed by atoms with van der Waals surface area (Å²) in [7, 11) is 0. The lowest BCUT2D eigenvalue weighted by Gasteiger charge is -2.34. The average Bonchev–Trinajstić information content (AvgIpc) is 2.07. The Labute approximate surface area is 66.9 Å². The van der Waals surface area contributed by atoms with Gasteiger partial charge in [0.15, 0.2) is 0 Å². The molecule has 0 aromatic rings. The van der Waals surface area contributed by atoms with Crippen molar-refractivity contribution in [1.29, 1.82) is 0 Å². The molecule has 1 saturated heterocycles. The van der Waals surface area contributed by atoms with Crippen LogP contribution in [0.15, 0.2) is 0 Å². The van der Waals surface area contributed by atoms with Crippen LogP contribution in [0.3, 0.4) is 0 Å². The molecule has 66 valence electrons. The van der Waals surface area contributed by atoms with Gasteiger partial charge in [-0.25, -0.2) is 0 Å². The molecule has 0 aromatic heterocycles. The van der Waals surface area contributed by atoms with Gasteiger partial charge in [0.2, 0.25) is 0 Å². The summed E-state index contributed by atoms with van der Waals surface area (Å²) in [5.74, 6) is 0. The van der Waals surface area contributed by atoms with Crippen molar-refractivity contribution >= 4 is 0 Å². The highest BCUT2D eigenvalue weighted by Gasteiger charge is 2.31. The van der Waals surface area contributed by atoms with Gasteiger partial charge in [-0.1, -0.05) is 0 Å². The third-order valence-corrected chi connectivity index (χ3v) is 2.51. The summed E-state index contributed by atoms with van der Waals surface area (Å²) >= 11 is 0. The zero-order valence-electron chi connectivity index (χ0n) is 6.81. The zero-order valence-corrected chi connectivity index (χ0v) is 6.81. The molecule has 0 atom stereocenters. The van der Waals surface area contributed by atoms with E-state index in [0.717, 1.165) is 19.3 Å². The summed E-state index contributed by atoms with van der Waals surface area (Å²) < 4.78 is 17.8. The molecule has 11 heavy (non-hydrogen) atoms. The van der Waals surface area contributed by atoms with Crippen LogP contribution >= 0.6 is 0 Å². The van der Waals surface area contributed by atoms with Crippen LogP contribution < -0.4 is 5.73 Å². The Morgan fingerprint density at radius 1 is 1.36 bits per heavy atom. The Balaban J connectivity index is 2.42. The van der Waals surface area contributed by atoms with Gasteiger partial charge in [-0.2, -0.15) is 0 Å². The van der Waals surface area contributed by atoms with Crippen molar-refractivity contribution < 1.29 is 9.13 Å². The minimum Gasteiger partial charge on any atom is -0.381 e. The van der Waals surface area contributed by atoms with Crippen LogP contribution in [-0.2, 0) is 4.74 Å². The van der Waals surface area contributed by atoms with E-state index in [9.17, 15) is 4.39 Å². The molecule has 1 fully saturated rings. The number of hydrogen-bond acceptors (Lipinski definition) is 2. The lowest BCUT2D eigenvalue weighted by atomic mass is 9.79. The van der Waals surface area contributed by atoms with Crippen LogP contribution in [0, 0.1) is 5.41 Å². The fourth-order valence-electron chi connectivity index (χ4n) is 1.56. The quantitative estimate of drug-likeness (QED) is 0.672. The second-order valence-electron chi connectivity index (χ2n) is 3.28. The van der Waals surface area contributed by atoms with E-state index in [-0.39, 0.29) is 12.1 Å². The van der Waals surface area contributed by atoms with Crippen LogP contribution in [0.4, 0.5) is 4.39 Å². The topological polar surface area (TPSA) is 35.2 Å². The summed E-state index contributed by atoms with van der Waals surface area (Å²) in [6, 6.07) is 0. The van der Waals surface area contributed by atoms with Gasteiger partial charge in [0, 0.05) is 18.6 Å². The molecule has 0 spiro atoms. The first kappa shape index (κ1) is 8.94. The van der Waals surface area contributed by atoms with Crippen molar-refractivity contribution in [3.63, 3.8) is 0 Å². The van der Waals surface area contributed by atoms with Gasteiger partial charge in [0.25, 0.3) is 0 Å². The minimum atomic E-state index is -0.243. The number of hydrogen-bond donors (Lipinski definition) is 1. The summed E-state index contributed by atoms with van der Waals surface area (Å²) in [5.41, 5.74) is 5.27. The molecule has 0 unspecified atom stereocenters. The van der Waals surface area contributed by atoms with Gasteiger partial charge in [-0.15, -0.1) is 0 Å². The summed E-state index contributed by atoms with van der Waals surface area (Å²) in [4.78, 5) is 0. The Morgan fingerprint density at radius 3 is 2.45 bits per heavy atom. The molecule has 2 N–H and O–H groups in total. The molecular weight excluding hydrogens is 145 g/mol. The first-order valence-corrected chi connectivity index (χ1v) is 4.17. The Bertz CT molecular complexity index is 107. The highest BCUT2D eigenvalue weighted by atomic mass is 19.1. The van der Waals surface area contributed by atoms with Gasteiger partial charge >= 0.3 is 0 Å². The predicted octanol–water partition coefficient (Wildman–Crippen LogP) is 1.10. The van der Waals surface area contributed by atoms with Crippen LogP contribution in [0.25, 0.3) is 0 Å². The molecular formula is C8H16FNO. The van der Waals surface area contributed by atoms with Gasteiger partial charge in [0.1, 0.15) is 0 Å². The van der Waals surface area contributed by atoms with E-state index in [1.54, 1.807) is 0 Å². The van der Waals surface area contributed by atoms with E-state index in [2.05, 4.69) is 0 Å². The number of halogens is 1. The standard InChI is InChI=1S/C8H16FNO/c9-7-8(1-4-10)2-5-11-6-3-8/h1-7,10H2. The largest absolute Gasteiger partial charge is 0.381 e. The molecule has 1 heterocycles. The molecule has 2 nitrogen and oxygen atoms in total. The minimum absolute atomic E-state index is 0.146. The summed E-state index contributed by atoms with van der Waals surface area (Å²) in [6.07, 6.45) is 2.47. The number of nitrogens with two attached hydrogens (primary N) is 1. The molecule has 0 saturated carbocycles. The van der Waals surface area contributed by atoms with Gasteiger partial charge in [0.05, 0.1) is 6.67 Å². The highest BCUT2D eigenvalue weighted by Crippen LogP contribution is 2.33. The molecule has 3 heteroatoms. The second-order valence-corrected chi connectivity index (χ2v) is 3.28. The monoisotopic (exact) mass is 161 g/mol. The van der Waals surface area contributed by atoms with E-state index in [4.69, 9.17) is 10.5 Å². The third-order valence-electron chi connectivity index (χ3n) is 2.51. The van der Waals surface area contributed by atoms with Crippen molar-refractivity contribution in [3.8, 4) is 0 Å². The average molecular weight is 161 g/mol. The van der Waals surface area contributed by atoms with Crippen molar-refractivity contribution in [2.24, 2.45) is 11.1 Å². The van der Waals surface area contributed by atoms with Crippen molar-refractivity contribution in [2.75, 3.05) is 26.4 Å². The molecule has 1 rings (SSSR count). The van der Waals surface area contributed by atoms with Gasteiger partial charge < -0.3 is 10.5 Å². The second kappa shape index (κ2) is 4.02. The maximum atomic E-state index is 12.6. The molecule has 0 aliphatic carbocycles. The lowest BCUT2D eigenvalue weighted by Crippen LogP contribution is -2.33. The Morgan fingerprint density at radius 2 is 2.00 bits per heavy atom. The molecule has 1 aliphatic heterocycles. The van der Waals surface area contributed by atoms with Crippen molar-refractivity contribution in [2.45, 2.75) is 19.3 Å². The molecule has 0 bridgehead atoms. The fourth-order valence-corrected chi connectivity index (χ4v) is 1.56. The summed E-state index contributed by atoms with van der Waals surface area (Å²) in [6.45, 7) is 1.74. The van der Waals surface area contributed by atoms with E-state index in [1.165, 1.54) is 0 Å². The Kier molecular flexibility index (Phi) is 3.27. The van der Waals surface area contributed by atoms with Gasteiger partial charge in [-0.3, -0.25) is 4.39 Å². The van der Waals surface area contributed by atoms with Crippen LogP contribution in [0.2, 0.25) is 0 Å². The Hall–Kier alpha value is -0.150. The smallest absolute Gasteiger partial charge is 0.0952 e. The third kappa shape index (κ3) is 2.14. The first-order chi connectivity index (χ1) is 5.33. The maximum absolute atomic E-state index is 12.6. The molecule has 0 aromatic carbocycles. The van der Waals surface area contributed by atoms with Crippen LogP contribution in [-0.4, -0.2) is 26.4 Å². The van der Waals surface area contributed by atoms with E-state index < -0.39 is 0 Å². The summed E-state index contributed by atoms with van der Waals surface area (Å²) in [5, 5.41) is 0. The number of rotatable bonds is 3. The fraction of sp³-hybridized carbons (Fsp3) is 1.00. The molecule has 0 amide bonds. The number of alkyl halides is 1. The SMILES string of the molecule is NCCC1(CF)CCOCC1. The molecule has 0 radical (unpaired) electrons.